The Hall–Kier alpha value is -0.0800. The van der Waals surface area contributed by atoms with E-state index in [1.807, 2.05) is 0 Å². The molecule has 0 saturated carbocycles. The summed E-state index contributed by atoms with van der Waals surface area (Å²) in [5.41, 5.74) is -0.0735. The molecule has 5 nitrogen and oxygen atoms in total. The van der Waals surface area contributed by atoms with Gasteiger partial charge in [0.1, 0.15) is 0 Å². The predicted molar refractivity (Wildman–Crippen MR) is 105 cm³/mol. The number of nitrogens with one attached hydrogen (secondary N) is 2. The standard InChI is InChI=1S/C16H34N4O.HI/c1-6-14(3)20(5)11-10-18-15(17-7-2)19-13-16(4)9-8-12-21-16;/h14H,6-13H2,1-5H3,(H2,17,18,19);1H. The van der Waals surface area contributed by atoms with E-state index in [1.54, 1.807) is 0 Å². The summed E-state index contributed by atoms with van der Waals surface area (Å²) in [6.45, 7) is 13.1. The van der Waals surface area contributed by atoms with E-state index in [2.05, 4.69) is 55.3 Å². The van der Waals surface area contributed by atoms with Crippen LogP contribution in [0.3, 0.4) is 0 Å². The molecule has 0 amide bonds. The van der Waals surface area contributed by atoms with Crippen LogP contribution in [-0.2, 0) is 4.74 Å². The van der Waals surface area contributed by atoms with Crippen LogP contribution in [-0.4, -0.2) is 62.3 Å². The largest absolute Gasteiger partial charge is 0.373 e. The molecule has 1 fully saturated rings. The maximum Gasteiger partial charge on any atom is 0.191 e. The first-order valence-electron chi connectivity index (χ1n) is 8.37. The van der Waals surface area contributed by atoms with Crippen LogP contribution in [0.4, 0.5) is 0 Å². The van der Waals surface area contributed by atoms with Gasteiger partial charge in [0.25, 0.3) is 0 Å². The summed E-state index contributed by atoms with van der Waals surface area (Å²) in [6, 6.07) is 0.622. The van der Waals surface area contributed by atoms with Crippen molar-refractivity contribution < 1.29 is 4.74 Å². The Labute approximate surface area is 153 Å². The molecule has 1 aliphatic heterocycles. The molecule has 0 bridgehead atoms. The summed E-state index contributed by atoms with van der Waals surface area (Å²) in [7, 11) is 2.17. The van der Waals surface area contributed by atoms with E-state index < -0.39 is 0 Å². The van der Waals surface area contributed by atoms with Crippen molar-refractivity contribution >= 4 is 29.9 Å². The topological polar surface area (TPSA) is 48.9 Å². The number of hydrogen-bond acceptors (Lipinski definition) is 3. The monoisotopic (exact) mass is 426 g/mol. The zero-order valence-electron chi connectivity index (χ0n) is 14.9. The van der Waals surface area contributed by atoms with Gasteiger partial charge in [-0.2, -0.15) is 0 Å². The number of guanidine groups is 1. The molecule has 2 N–H and O–H groups in total. The summed E-state index contributed by atoms with van der Waals surface area (Å²) < 4.78 is 5.79. The SMILES string of the molecule is CCNC(=NCC1(C)CCCO1)NCCN(C)C(C)CC.I. The number of hydrogen-bond donors (Lipinski definition) is 2. The minimum Gasteiger partial charge on any atom is -0.373 e. The summed E-state index contributed by atoms with van der Waals surface area (Å²) in [5.74, 6) is 0.895. The first-order valence-corrected chi connectivity index (χ1v) is 8.37. The lowest BCUT2D eigenvalue weighted by atomic mass is 10.0. The van der Waals surface area contributed by atoms with Gasteiger partial charge in [0.05, 0.1) is 12.1 Å². The van der Waals surface area contributed by atoms with Crippen molar-refractivity contribution in [1.82, 2.24) is 15.5 Å². The highest BCUT2D eigenvalue weighted by Crippen LogP contribution is 2.24. The Bertz CT molecular complexity index is 319. The minimum absolute atomic E-state index is 0. The van der Waals surface area contributed by atoms with Crippen LogP contribution in [0.25, 0.3) is 0 Å². The van der Waals surface area contributed by atoms with Crippen LogP contribution in [0.15, 0.2) is 4.99 Å². The molecule has 1 saturated heterocycles. The lowest BCUT2D eigenvalue weighted by Crippen LogP contribution is -2.43. The van der Waals surface area contributed by atoms with Crippen LogP contribution in [0.1, 0.15) is 47.0 Å². The lowest BCUT2D eigenvalue weighted by molar-refractivity contribution is 0.0283. The van der Waals surface area contributed by atoms with Crippen LogP contribution < -0.4 is 10.6 Å². The molecular weight excluding hydrogens is 391 g/mol. The molecule has 0 aromatic rings. The van der Waals surface area contributed by atoms with Gasteiger partial charge in [-0.3, -0.25) is 4.99 Å². The van der Waals surface area contributed by atoms with Crippen molar-refractivity contribution in [2.75, 3.05) is 39.8 Å². The molecule has 132 valence electrons. The first-order chi connectivity index (χ1) is 10.0. The highest BCUT2D eigenvalue weighted by molar-refractivity contribution is 14.0. The van der Waals surface area contributed by atoms with Crippen molar-refractivity contribution in [1.29, 1.82) is 0 Å². The Morgan fingerprint density at radius 3 is 2.64 bits per heavy atom. The highest BCUT2D eigenvalue weighted by Gasteiger charge is 2.29. The number of ether oxygens (including phenoxy) is 1. The molecule has 2 atom stereocenters. The van der Waals surface area contributed by atoms with E-state index in [4.69, 9.17) is 4.74 Å². The fraction of sp³-hybridized carbons (Fsp3) is 0.938. The van der Waals surface area contributed by atoms with E-state index in [0.29, 0.717) is 6.04 Å². The quantitative estimate of drug-likeness (QED) is 0.356. The Balaban J connectivity index is 0.00000441. The van der Waals surface area contributed by atoms with E-state index in [0.717, 1.165) is 51.6 Å². The van der Waals surface area contributed by atoms with Crippen molar-refractivity contribution in [2.24, 2.45) is 4.99 Å². The molecule has 1 rings (SSSR count). The van der Waals surface area contributed by atoms with Crippen molar-refractivity contribution in [3.63, 3.8) is 0 Å². The fourth-order valence-corrected chi connectivity index (χ4v) is 2.43. The normalized spacial score (nSPS) is 23.3. The van der Waals surface area contributed by atoms with Gasteiger partial charge >= 0.3 is 0 Å². The highest BCUT2D eigenvalue weighted by atomic mass is 127. The van der Waals surface area contributed by atoms with Gasteiger partial charge in [-0.1, -0.05) is 6.92 Å². The molecular formula is C16H35IN4O. The Morgan fingerprint density at radius 2 is 2.09 bits per heavy atom. The van der Waals surface area contributed by atoms with E-state index in [9.17, 15) is 0 Å². The van der Waals surface area contributed by atoms with Gasteiger partial charge in [0.15, 0.2) is 5.96 Å². The molecule has 1 heterocycles. The predicted octanol–water partition coefficient (Wildman–Crippen LogP) is 2.46. The van der Waals surface area contributed by atoms with Crippen molar-refractivity contribution in [3.05, 3.63) is 0 Å². The zero-order valence-corrected chi connectivity index (χ0v) is 17.3. The Morgan fingerprint density at radius 1 is 1.36 bits per heavy atom. The van der Waals surface area contributed by atoms with Gasteiger partial charge in [0, 0.05) is 32.3 Å². The lowest BCUT2D eigenvalue weighted by Gasteiger charge is -2.24. The third kappa shape index (κ3) is 7.97. The first kappa shape index (κ1) is 21.9. The van der Waals surface area contributed by atoms with Gasteiger partial charge in [-0.05, 0) is 47.1 Å². The summed E-state index contributed by atoms with van der Waals surface area (Å²) in [4.78, 5) is 7.05. The summed E-state index contributed by atoms with van der Waals surface area (Å²) in [5, 5.41) is 6.72. The van der Waals surface area contributed by atoms with E-state index >= 15 is 0 Å². The zero-order chi connectivity index (χ0) is 15.7. The molecule has 0 aromatic carbocycles. The minimum atomic E-state index is -0.0735. The third-order valence-electron chi connectivity index (χ3n) is 4.32. The molecule has 6 heteroatoms. The molecule has 0 spiro atoms. The smallest absolute Gasteiger partial charge is 0.191 e. The number of nitrogens with zero attached hydrogens (tertiary/aromatic N) is 2. The van der Waals surface area contributed by atoms with Crippen LogP contribution in [0.5, 0.6) is 0 Å². The average Bonchev–Trinajstić information content (AvgIpc) is 2.91. The Kier molecular flexibility index (Phi) is 11.4. The van der Waals surface area contributed by atoms with Crippen LogP contribution in [0.2, 0.25) is 0 Å². The molecule has 1 aliphatic rings. The maximum atomic E-state index is 5.79. The molecule has 2 unspecified atom stereocenters. The second-order valence-corrected chi connectivity index (χ2v) is 6.26. The number of aliphatic imine (C=N–C) groups is 1. The molecule has 0 aromatic heterocycles. The van der Waals surface area contributed by atoms with Gasteiger partial charge in [0.2, 0.25) is 0 Å². The fourth-order valence-electron chi connectivity index (χ4n) is 2.43. The van der Waals surface area contributed by atoms with E-state index in [1.165, 1.54) is 6.42 Å². The summed E-state index contributed by atoms with van der Waals surface area (Å²) in [6.07, 6.45) is 3.43. The number of halogens is 1. The van der Waals surface area contributed by atoms with Crippen molar-refractivity contribution in [3.8, 4) is 0 Å². The maximum absolute atomic E-state index is 5.79. The number of likely N-dealkylation sites (N-methyl/N-ethyl adjacent to an activating group) is 1. The van der Waals surface area contributed by atoms with Crippen LogP contribution in [0, 0.1) is 0 Å². The molecule has 0 aliphatic carbocycles. The average molecular weight is 426 g/mol. The van der Waals surface area contributed by atoms with Crippen LogP contribution >= 0.6 is 24.0 Å². The third-order valence-corrected chi connectivity index (χ3v) is 4.32. The molecule has 0 radical (unpaired) electrons. The van der Waals surface area contributed by atoms with E-state index in [-0.39, 0.29) is 29.6 Å². The van der Waals surface area contributed by atoms with Crippen molar-refractivity contribution in [2.45, 2.75) is 58.6 Å². The van der Waals surface area contributed by atoms with Gasteiger partial charge < -0.3 is 20.3 Å². The molecule has 22 heavy (non-hydrogen) atoms. The summed E-state index contributed by atoms with van der Waals surface area (Å²) >= 11 is 0. The van der Waals surface area contributed by atoms with Gasteiger partial charge in [-0.15, -0.1) is 24.0 Å². The second-order valence-electron chi connectivity index (χ2n) is 6.26. The second kappa shape index (κ2) is 11.5. The van der Waals surface area contributed by atoms with Gasteiger partial charge in [-0.25, -0.2) is 0 Å². The number of rotatable bonds is 8.